The van der Waals surface area contributed by atoms with Gasteiger partial charge < -0.3 is 20.2 Å². The van der Waals surface area contributed by atoms with E-state index in [2.05, 4.69) is 10.6 Å². The van der Waals surface area contributed by atoms with Crippen LogP contribution in [-0.2, 0) is 6.54 Å². The lowest BCUT2D eigenvalue weighted by Crippen LogP contribution is -2.37. The van der Waals surface area contributed by atoms with Crippen molar-refractivity contribution in [3.63, 3.8) is 0 Å². The number of nitrogens with one attached hydrogen (secondary N) is 2. The van der Waals surface area contributed by atoms with E-state index in [9.17, 15) is 9.90 Å². The minimum absolute atomic E-state index is 0.149. The number of carbonyl (C=O) groups excluding carboxylic acids is 1. The van der Waals surface area contributed by atoms with E-state index in [1.165, 1.54) is 0 Å². The fourth-order valence-electron chi connectivity index (χ4n) is 2.26. The van der Waals surface area contributed by atoms with Crippen molar-refractivity contribution in [2.75, 3.05) is 6.54 Å². The SMILES string of the molecule is O=C(NCc1cccs1)NC[C@@H](O)c1ccc(-c2ccco2)cc1. The molecular formula is C18H18N2O3S. The van der Waals surface area contributed by atoms with Crippen LogP contribution in [0.15, 0.2) is 64.6 Å². The van der Waals surface area contributed by atoms with E-state index in [-0.39, 0.29) is 12.6 Å². The monoisotopic (exact) mass is 342 g/mol. The number of benzene rings is 1. The molecule has 6 heteroatoms. The Morgan fingerprint density at radius 2 is 1.96 bits per heavy atom. The Hall–Kier alpha value is -2.57. The zero-order valence-electron chi connectivity index (χ0n) is 12.9. The number of rotatable bonds is 6. The Morgan fingerprint density at radius 1 is 1.12 bits per heavy atom. The summed E-state index contributed by atoms with van der Waals surface area (Å²) in [6.07, 6.45) is 0.861. The topological polar surface area (TPSA) is 74.5 Å². The van der Waals surface area contributed by atoms with Crippen molar-refractivity contribution >= 4 is 17.4 Å². The molecule has 1 atom stereocenters. The fourth-order valence-corrected chi connectivity index (χ4v) is 2.91. The molecule has 0 aliphatic carbocycles. The van der Waals surface area contributed by atoms with Gasteiger partial charge in [-0.25, -0.2) is 4.79 Å². The molecule has 2 heterocycles. The third-order valence-corrected chi connectivity index (χ3v) is 4.44. The Kier molecular flexibility index (Phi) is 5.30. The predicted molar refractivity (Wildman–Crippen MR) is 93.7 cm³/mol. The van der Waals surface area contributed by atoms with E-state index in [0.717, 1.165) is 21.8 Å². The number of hydrogen-bond acceptors (Lipinski definition) is 4. The van der Waals surface area contributed by atoms with Crippen molar-refractivity contribution in [1.29, 1.82) is 0 Å². The number of aliphatic hydroxyl groups is 1. The van der Waals surface area contributed by atoms with E-state index in [0.29, 0.717) is 6.54 Å². The second-order valence-corrected chi connectivity index (χ2v) is 6.29. The Labute approximate surface area is 143 Å². The molecule has 3 N–H and O–H groups in total. The van der Waals surface area contributed by atoms with Crippen LogP contribution in [0.1, 0.15) is 16.5 Å². The van der Waals surface area contributed by atoms with Crippen molar-refractivity contribution in [1.82, 2.24) is 10.6 Å². The number of aliphatic hydroxyl groups excluding tert-OH is 1. The second kappa shape index (κ2) is 7.81. The van der Waals surface area contributed by atoms with Gasteiger partial charge in [-0.3, -0.25) is 0 Å². The lowest BCUT2D eigenvalue weighted by Gasteiger charge is -2.13. The second-order valence-electron chi connectivity index (χ2n) is 5.26. The average molecular weight is 342 g/mol. The smallest absolute Gasteiger partial charge is 0.315 e. The normalized spacial score (nSPS) is 11.9. The van der Waals surface area contributed by atoms with Gasteiger partial charge in [-0.1, -0.05) is 30.3 Å². The van der Waals surface area contributed by atoms with Gasteiger partial charge in [0.15, 0.2) is 0 Å². The predicted octanol–water partition coefficient (Wildman–Crippen LogP) is 3.54. The summed E-state index contributed by atoms with van der Waals surface area (Å²) in [6, 6.07) is 14.7. The molecule has 2 amide bonds. The number of amides is 2. The maximum absolute atomic E-state index is 11.7. The molecule has 0 unspecified atom stereocenters. The molecule has 2 aromatic heterocycles. The van der Waals surface area contributed by atoms with Crippen LogP contribution in [0.3, 0.4) is 0 Å². The minimum Gasteiger partial charge on any atom is -0.464 e. The highest BCUT2D eigenvalue weighted by Gasteiger charge is 2.10. The van der Waals surface area contributed by atoms with Gasteiger partial charge in [-0.2, -0.15) is 0 Å². The van der Waals surface area contributed by atoms with E-state index >= 15 is 0 Å². The maximum atomic E-state index is 11.7. The first-order valence-electron chi connectivity index (χ1n) is 7.58. The number of furan rings is 1. The van der Waals surface area contributed by atoms with Crippen LogP contribution < -0.4 is 10.6 Å². The summed E-state index contributed by atoms with van der Waals surface area (Å²) >= 11 is 1.59. The molecule has 0 aliphatic rings. The van der Waals surface area contributed by atoms with Crippen LogP contribution >= 0.6 is 11.3 Å². The van der Waals surface area contributed by atoms with Gasteiger partial charge in [-0.15, -0.1) is 11.3 Å². The van der Waals surface area contributed by atoms with Gasteiger partial charge in [0, 0.05) is 17.0 Å². The summed E-state index contributed by atoms with van der Waals surface area (Å²) in [6.45, 7) is 0.633. The summed E-state index contributed by atoms with van der Waals surface area (Å²) in [4.78, 5) is 12.8. The Morgan fingerprint density at radius 3 is 2.62 bits per heavy atom. The van der Waals surface area contributed by atoms with Crippen molar-refractivity contribution in [3.05, 3.63) is 70.6 Å². The molecule has 0 saturated heterocycles. The van der Waals surface area contributed by atoms with Crippen LogP contribution in [0.2, 0.25) is 0 Å². The van der Waals surface area contributed by atoms with Crippen LogP contribution in [0.4, 0.5) is 4.79 Å². The molecule has 0 bridgehead atoms. The fraction of sp³-hybridized carbons (Fsp3) is 0.167. The van der Waals surface area contributed by atoms with E-state index < -0.39 is 6.10 Å². The van der Waals surface area contributed by atoms with Gasteiger partial charge in [-0.05, 0) is 29.1 Å². The molecule has 3 rings (SSSR count). The van der Waals surface area contributed by atoms with Crippen molar-refractivity contribution in [3.8, 4) is 11.3 Å². The standard InChI is InChI=1S/C18H18N2O3S/c21-16(12-20-18(22)19-11-15-3-2-10-24-15)13-5-7-14(8-6-13)17-4-1-9-23-17/h1-10,16,21H,11-12H2,(H2,19,20,22)/t16-/m1/s1. The van der Waals surface area contributed by atoms with Gasteiger partial charge in [0.2, 0.25) is 0 Å². The number of thiophene rings is 1. The van der Waals surface area contributed by atoms with E-state index in [1.54, 1.807) is 17.6 Å². The molecular weight excluding hydrogens is 324 g/mol. The van der Waals surface area contributed by atoms with Crippen molar-refractivity contribution in [2.24, 2.45) is 0 Å². The molecule has 24 heavy (non-hydrogen) atoms. The molecule has 5 nitrogen and oxygen atoms in total. The van der Waals surface area contributed by atoms with Gasteiger partial charge in [0.05, 0.1) is 18.9 Å². The highest BCUT2D eigenvalue weighted by molar-refractivity contribution is 7.09. The zero-order valence-corrected chi connectivity index (χ0v) is 13.8. The summed E-state index contributed by atoms with van der Waals surface area (Å²) in [5.74, 6) is 0.780. The summed E-state index contributed by atoms with van der Waals surface area (Å²) in [5, 5.41) is 17.6. The Bertz CT molecular complexity index is 752. The molecule has 3 aromatic rings. The first-order valence-corrected chi connectivity index (χ1v) is 8.46. The van der Waals surface area contributed by atoms with Gasteiger partial charge >= 0.3 is 6.03 Å². The van der Waals surface area contributed by atoms with Crippen molar-refractivity contribution in [2.45, 2.75) is 12.6 Å². The quantitative estimate of drug-likeness (QED) is 0.641. The maximum Gasteiger partial charge on any atom is 0.315 e. The largest absolute Gasteiger partial charge is 0.464 e. The molecule has 0 spiro atoms. The zero-order chi connectivity index (χ0) is 16.8. The third-order valence-electron chi connectivity index (χ3n) is 3.56. The average Bonchev–Trinajstić information content (AvgIpc) is 3.31. The summed E-state index contributed by atoms with van der Waals surface area (Å²) < 4.78 is 5.33. The molecule has 0 radical (unpaired) electrons. The number of carbonyl (C=O) groups is 1. The molecule has 124 valence electrons. The highest BCUT2D eigenvalue weighted by atomic mass is 32.1. The van der Waals surface area contributed by atoms with E-state index in [4.69, 9.17) is 4.42 Å². The number of hydrogen-bond donors (Lipinski definition) is 3. The van der Waals surface area contributed by atoms with Gasteiger partial charge in [0.1, 0.15) is 5.76 Å². The lowest BCUT2D eigenvalue weighted by molar-refractivity contribution is 0.173. The Balaban J connectivity index is 1.47. The lowest BCUT2D eigenvalue weighted by atomic mass is 10.1. The first kappa shape index (κ1) is 16.3. The van der Waals surface area contributed by atoms with Crippen LogP contribution in [0.5, 0.6) is 0 Å². The molecule has 0 fully saturated rings. The van der Waals surface area contributed by atoms with Crippen LogP contribution in [0, 0.1) is 0 Å². The molecule has 0 saturated carbocycles. The van der Waals surface area contributed by atoms with Crippen LogP contribution in [0.25, 0.3) is 11.3 Å². The van der Waals surface area contributed by atoms with Crippen molar-refractivity contribution < 1.29 is 14.3 Å². The van der Waals surface area contributed by atoms with Gasteiger partial charge in [0.25, 0.3) is 0 Å². The first-order chi connectivity index (χ1) is 11.7. The summed E-state index contributed by atoms with van der Waals surface area (Å²) in [7, 11) is 0. The number of urea groups is 1. The minimum atomic E-state index is -0.761. The summed E-state index contributed by atoms with van der Waals surface area (Å²) in [5.41, 5.74) is 1.68. The molecule has 0 aliphatic heterocycles. The third kappa shape index (κ3) is 4.24. The highest BCUT2D eigenvalue weighted by Crippen LogP contribution is 2.22. The molecule has 1 aromatic carbocycles. The van der Waals surface area contributed by atoms with Crippen LogP contribution in [-0.4, -0.2) is 17.7 Å². The van der Waals surface area contributed by atoms with E-state index in [1.807, 2.05) is 53.9 Å².